The van der Waals surface area contributed by atoms with Gasteiger partial charge in [0.1, 0.15) is 11.4 Å². The Hall–Kier alpha value is -2.95. The highest BCUT2D eigenvalue weighted by molar-refractivity contribution is 7.99. The van der Waals surface area contributed by atoms with Crippen molar-refractivity contribution in [3.63, 3.8) is 0 Å². The summed E-state index contributed by atoms with van der Waals surface area (Å²) >= 11 is 3.58. The summed E-state index contributed by atoms with van der Waals surface area (Å²) < 4.78 is 22.5. The number of aromatic nitrogens is 2. The van der Waals surface area contributed by atoms with Gasteiger partial charge in [0.25, 0.3) is 6.33 Å². The number of thiophene rings is 1. The average Bonchev–Trinajstić information content (AvgIpc) is 3.57. The van der Waals surface area contributed by atoms with E-state index in [0.29, 0.717) is 6.10 Å². The molecule has 2 aliphatic heterocycles. The van der Waals surface area contributed by atoms with E-state index in [1.54, 1.807) is 48.9 Å². The number of halogens is 1. The standard InChI is InChI=1S/C29H28FN5OS2/c1-34(13-14-35-12-11-22(17-35)36-2)38-27-10-9-26(37-27)29-23-15-20(5-8-25(23)32-18-33-29)24-16-31-28(24)19-3-6-21(30)7-4-19/h3-10,15-16,18,22H,11-14,17H2,1-2H3/p+2. The fraction of sp³-hybridized carbons (Fsp3) is 0.276. The van der Waals surface area contributed by atoms with Gasteiger partial charge in [-0.1, -0.05) is 0 Å². The molecule has 0 bridgehead atoms. The highest BCUT2D eigenvalue weighted by Crippen LogP contribution is 2.36. The second-order valence-electron chi connectivity index (χ2n) is 9.60. The van der Waals surface area contributed by atoms with Gasteiger partial charge < -0.3 is 4.74 Å². The molecular weight excluding hydrogens is 517 g/mol. The van der Waals surface area contributed by atoms with Crippen molar-refractivity contribution in [2.24, 2.45) is 0 Å². The van der Waals surface area contributed by atoms with Crippen molar-refractivity contribution in [2.75, 3.05) is 40.3 Å². The van der Waals surface area contributed by atoms with Crippen molar-refractivity contribution in [1.29, 1.82) is 0 Å². The number of allylic oxidation sites excluding steroid dienone is 1. The molecule has 2 N–H and O–H groups in total. The zero-order valence-electron chi connectivity index (χ0n) is 21.4. The van der Waals surface area contributed by atoms with Crippen LogP contribution < -0.4 is 9.98 Å². The summed E-state index contributed by atoms with van der Waals surface area (Å²) in [7, 11) is 3.96. The first-order valence-electron chi connectivity index (χ1n) is 12.7. The fourth-order valence-corrected chi connectivity index (χ4v) is 7.11. The zero-order chi connectivity index (χ0) is 26.1. The molecule has 9 heteroatoms. The van der Waals surface area contributed by atoms with Crippen LogP contribution in [0.4, 0.5) is 4.39 Å². The van der Waals surface area contributed by atoms with Crippen molar-refractivity contribution >= 4 is 45.5 Å². The maximum atomic E-state index is 13.4. The van der Waals surface area contributed by atoms with Crippen molar-refractivity contribution in [3.05, 3.63) is 84.1 Å². The molecule has 6 nitrogen and oxygen atoms in total. The number of likely N-dealkylation sites (N-methyl/N-ethyl adjacent to an activating group) is 1. The summed E-state index contributed by atoms with van der Waals surface area (Å²) in [5.41, 5.74) is 6.18. The third-order valence-corrected chi connectivity index (χ3v) is 9.30. The van der Waals surface area contributed by atoms with Crippen LogP contribution in [0.15, 0.2) is 71.3 Å². The number of likely N-dealkylation sites (tertiary alicyclic amines) is 1. The minimum atomic E-state index is -0.234. The normalized spacial score (nSPS) is 17.6. The summed E-state index contributed by atoms with van der Waals surface area (Å²) in [6, 6.07) is 17.3. The van der Waals surface area contributed by atoms with Crippen LogP contribution in [0.5, 0.6) is 0 Å². The van der Waals surface area contributed by atoms with Crippen LogP contribution in [-0.2, 0) is 4.74 Å². The largest absolute Gasteiger partial charge is 0.380 e. The fourth-order valence-electron chi connectivity index (χ4n) is 4.94. The van der Waals surface area contributed by atoms with Crippen LogP contribution in [0.1, 0.15) is 17.5 Å². The van der Waals surface area contributed by atoms with E-state index in [0.717, 1.165) is 71.6 Å². The van der Waals surface area contributed by atoms with E-state index in [-0.39, 0.29) is 5.82 Å². The molecule has 1 unspecified atom stereocenters. The smallest absolute Gasteiger partial charge is 0.285 e. The van der Waals surface area contributed by atoms with Crippen molar-refractivity contribution < 1.29 is 19.1 Å². The van der Waals surface area contributed by atoms with E-state index in [9.17, 15) is 4.39 Å². The minimum absolute atomic E-state index is 0.234. The van der Waals surface area contributed by atoms with Crippen molar-refractivity contribution in [2.45, 2.75) is 16.7 Å². The molecule has 0 aliphatic carbocycles. The second kappa shape index (κ2) is 11.0. The lowest BCUT2D eigenvalue weighted by atomic mass is 9.92. The molecule has 0 radical (unpaired) electrons. The number of H-pyrrole nitrogens is 1. The maximum Gasteiger partial charge on any atom is 0.285 e. The molecule has 1 saturated heterocycles. The number of hydrogen-bond donors (Lipinski definition) is 1. The second-order valence-corrected chi connectivity index (χ2v) is 12.2. The topological polar surface area (TPSA) is 56.7 Å². The van der Waals surface area contributed by atoms with Gasteiger partial charge in [0.2, 0.25) is 5.71 Å². The molecule has 2 aromatic heterocycles. The number of methoxy groups -OCH3 is 1. The Kier molecular flexibility index (Phi) is 7.36. The molecule has 194 valence electrons. The number of fused-ring (bicyclic) bond motifs is 1. The number of hydrogen-bond acceptors (Lipinski definition) is 6. The predicted octanol–water partition coefficient (Wildman–Crippen LogP) is 3.50. The average molecular weight is 548 g/mol. The Morgan fingerprint density at radius 1 is 1.16 bits per heavy atom. The Bertz CT molecular complexity index is 1520. The quantitative estimate of drug-likeness (QED) is 0.325. The summed E-state index contributed by atoms with van der Waals surface area (Å²) in [4.78, 5) is 14.9. The molecule has 0 amide bonds. The SMILES string of the molecule is COC1CCN(CCN(C)Sc2ccc(-c3[nH+]cnc4ccc(C5=C[NH+]=C5c5ccc(F)cc5)cc34)s2)C1. The van der Waals surface area contributed by atoms with Crippen LogP contribution in [0.25, 0.3) is 27.0 Å². The van der Waals surface area contributed by atoms with E-state index in [1.807, 2.05) is 6.20 Å². The highest BCUT2D eigenvalue weighted by atomic mass is 32.2. The number of nitrogens with zero attached hydrogens (tertiary/aromatic N) is 3. The van der Waals surface area contributed by atoms with Crippen LogP contribution in [0.3, 0.4) is 0 Å². The van der Waals surface area contributed by atoms with E-state index < -0.39 is 0 Å². The molecule has 4 aromatic rings. The minimum Gasteiger partial charge on any atom is -0.380 e. The van der Waals surface area contributed by atoms with Crippen LogP contribution in [0.2, 0.25) is 0 Å². The summed E-state index contributed by atoms with van der Waals surface area (Å²) in [5.74, 6) is -0.234. The monoisotopic (exact) mass is 547 g/mol. The molecule has 6 rings (SSSR count). The molecule has 2 aromatic carbocycles. The van der Waals surface area contributed by atoms with E-state index in [2.05, 4.69) is 61.5 Å². The van der Waals surface area contributed by atoms with Gasteiger partial charge in [0.15, 0.2) is 17.4 Å². The summed E-state index contributed by atoms with van der Waals surface area (Å²) in [6.07, 6.45) is 5.26. The first kappa shape index (κ1) is 25.3. The number of benzene rings is 2. The lowest BCUT2D eigenvalue weighted by molar-refractivity contribution is -0.380. The zero-order valence-corrected chi connectivity index (χ0v) is 23.0. The van der Waals surface area contributed by atoms with Crippen LogP contribution >= 0.6 is 23.3 Å². The molecule has 4 heterocycles. The molecule has 2 aliphatic rings. The van der Waals surface area contributed by atoms with Crippen molar-refractivity contribution in [3.8, 4) is 10.6 Å². The van der Waals surface area contributed by atoms with Gasteiger partial charge in [-0.2, -0.15) is 0 Å². The predicted molar refractivity (Wildman–Crippen MR) is 151 cm³/mol. The Morgan fingerprint density at radius 3 is 2.76 bits per heavy atom. The van der Waals surface area contributed by atoms with Gasteiger partial charge in [-0.25, -0.2) is 18.7 Å². The van der Waals surface area contributed by atoms with Crippen LogP contribution in [-0.4, -0.2) is 66.3 Å². The van der Waals surface area contributed by atoms with Gasteiger partial charge in [0, 0.05) is 38.9 Å². The first-order valence-corrected chi connectivity index (χ1v) is 14.3. The molecule has 38 heavy (non-hydrogen) atoms. The molecule has 0 saturated carbocycles. The van der Waals surface area contributed by atoms with Crippen LogP contribution in [0, 0.1) is 5.82 Å². The number of nitrogens with one attached hydrogen (secondary N) is 2. The first-order chi connectivity index (χ1) is 18.6. The lowest BCUT2D eigenvalue weighted by Crippen LogP contribution is -2.73. The van der Waals surface area contributed by atoms with E-state index in [1.165, 1.54) is 21.2 Å². The van der Waals surface area contributed by atoms with Gasteiger partial charge in [-0.3, -0.25) is 4.90 Å². The Labute approximate surface area is 230 Å². The van der Waals surface area contributed by atoms with E-state index >= 15 is 0 Å². The summed E-state index contributed by atoms with van der Waals surface area (Å²) in [6.45, 7) is 4.19. The van der Waals surface area contributed by atoms with E-state index in [4.69, 9.17) is 4.74 Å². The van der Waals surface area contributed by atoms with Gasteiger partial charge >= 0.3 is 0 Å². The Balaban J connectivity index is 1.17. The molecule has 1 atom stereocenters. The lowest BCUT2D eigenvalue weighted by Gasteiger charge is -2.20. The maximum absolute atomic E-state index is 13.4. The van der Waals surface area contributed by atoms with Crippen molar-refractivity contribution in [1.82, 2.24) is 14.2 Å². The molecule has 1 fully saturated rings. The molecule has 0 spiro atoms. The highest BCUT2D eigenvalue weighted by Gasteiger charge is 2.27. The summed E-state index contributed by atoms with van der Waals surface area (Å²) in [5, 5.41) is 1.07. The number of ether oxygens (including phenoxy) is 1. The number of aromatic amines is 1. The molecular formula is C29H30FN5OS2+2. The van der Waals surface area contributed by atoms with Gasteiger partial charge in [-0.05, 0) is 90.6 Å². The van der Waals surface area contributed by atoms with Gasteiger partial charge in [-0.15, -0.1) is 11.3 Å². The third-order valence-electron chi connectivity index (χ3n) is 7.12. The third kappa shape index (κ3) is 5.30. The number of rotatable bonds is 9. The Morgan fingerprint density at radius 2 is 2.00 bits per heavy atom. The van der Waals surface area contributed by atoms with Gasteiger partial charge in [0.05, 0.1) is 20.6 Å².